The fraction of sp³-hybridized carbons (Fsp3) is 0.391. The topological polar surface area (TPSA) is 61.4 Å². The number of rotatable bonds is 9. The highest BCUT2D eigenvalue weighted by atomic mass is 35.5. The third-order valence-corrected chi connectivity index (χ3v) is 4.96. The van der Waals surface area contributed by atoms with Gasteiger partial charge in [-0.2, -0.15) is 0 Å². The smallest absolute Gasteiger partial charge is 0.251 e. The van der Waals surface area contributed by atoms with Gasteiger partial charge in [-0.15, -0.1) is 0 Å². The van der Waals surface area contributed by atoms with E-state index in [4.69, 9.17) is 11.6 Å². The van der Waals surface area contributed by atoms with Crippen molar-refractivity contribution in [1.82, 2.24) is 15.5 Å². The van der Waals surface area contributed by atoms with Crippen LogP contribution in [0.5, 0.6) is 0 Å². The number of hydrogen-bond acceptors (Lipinski definition) is 3. The van der Waals surface area contributed by atoms with Crippen molar-refractivity contribution in [2.24, 2.45) is 5.92 Å². The lowest BCUT2D eigenvalue weighted by molar-refractivity contribution is -0.123. The van der Waals surface area contributed by atoms with Crippen LogP contribution in [-0.2, 0) is 4.79 Å². The van der Waals surface area contributed by atoms with Crippen LogP contribution in [0.2, 0.25) is 5.02 Å². The molecule has 2 aromatic rings. The molecule has 2 N–H and O–H groups in total. The summed E-state index contributed by atoms with van der Waals surface area (Å²) in [5, 5.41) is 6.45. The molecule has 0 saturated heterocycles. The Labute approximate surface area is 178 Å². The predicted octanol–water partition coefficient (Wildman–Crippen LogP) is 3.90. The number of amides is 2. The van der Waals surface area contributed by atoms with Gasteiger partial charge in [-0.25, -0.2) is 0 Å². The first kappa shape index (κ1) is 22.9. The van der Waals surface area contributed by atoms with Gasteiger partial charge in [0, 0.05) is 17.1 Å². The second-order valence-electron chi connectivity index (χ2n) is 7.80. The maximum Gasteiger partial charge on any atom is 0.251 e. The SMILES string of the molecule is CC(C)CC(NC(=O)c1ccc(Cl)cc1)C(=O)NCC(c1ccccc1)N(C)C. The quantitative estimate of drug-likeness (QED) is 0.652. The highest BCUT2D eigenvalue weighted by Crippen LogP contribution is 2.17. The summed E-state index contributed by atoms with van der Waals surface area (Å²) in [7, 11) is 3.97. The minimum Gasteiger partial charge on any atom is -0.352 e. The molecule has 2 atom stereocenters. The van der Waals surface area contributed by atoms with Crippen LogP contribution in [0.15, 0.2) is 54.6 Å². The first-order valence-electron chi connectivity index (χ1n) is 9.83. The van der Waals surface area contributed by atoms with Gasteiger partial charge in [-0.3, -0.25) is 9.59 Å². The maximum atomic E-state index is 12.9. The third kappa shape index (κ3) is 7.18. The van der Waals surface area contributed by atoms with Crippen molar-refractivity contribution >= 4 is 23.4 Å². The number of carbonyl (C=O) groups excluding carboxylic acids is 2. The molecule has 0 fully saturated rings. The molecule has 0 bridgehead atoms. The molecule has 0 aliphatic heterocycles. The Morgan fingerprint density at radius 2 is 1.62 bits per heavy atom. The van der Waals surface area contributed by atoms with Gasteiger partial charge >= 0.3 is 0 Å². The van der Waals surface area contributed by atoms with Crippen LogP contribution in [0.3, 0.4) is 0 Å². The van der Waals surface area contributed by atoms with Crippen LogP contribution in [0.25, 0.3) is 0 Å². The van der Waals surface area contributed by atoms with Crippen LogP contribution < -0.4 is 10.6 Å². The molecule has 29 heavy (non-hydrogen) atoms. The summed E-state index contributed by atoms with van der Waals surface area (Å²) in [6, 6.07) is 16.1. The standard InChI is InChI=1S/C23H30ClN3O2/c1-16(2)14-20(26-22(28)18-10-12-19(24)13-11-18)23(29)25-15-21(27(3)4)17-8-6-5-7-9-17/h5-13,16,20-21H,14-15H2,1-4H3,(H,25,29)(H,26,28). The van der Waals surface area contributed by atoms with E-state index < -0.39 is 6.04 Å². The van der Waals surface area contributed by atoms with E-state index >= 15 is 0 Å². The summed E-state index contributed by atoms with van der Waals surface area (Å²) >= 11 is 5.89. The Hall–Kier alpha value is -2.37. The fourth-order valence-electron chi connectivity index (χ4n) is 3.14. The molecule has 0 radical (unpaired) electrons. The van der Waals surface area contributed by atoms with Crippen LogP contribution >= 0.6 is 11.6 Å². The fourth-order valence-corrected chi connectivity index (χ4v) is 3.27. The van der Waals surface area contributed by atoms with Gasteiger partial charge in [-0.05, 0) is 56.3 Å². The van der Waals surface area contributed by atoms with Crippen molar-refractivity contribution < 1.29 is 9.59 Å². The number of likely N-dealkylation sites (N-methyl/N-ethyl adjacent to an activating group) is 1. The van der Waals surface area contributed by atoms with Gasteiger partial charge in [-0.1, -0.05) is 55.8 Å². The highest BCUT2D eigenvalue weighted by Gasteiger charge is 2.24. The Morgan fingerprint density at radius 3 is 2.17 bits per heavy atom. The third-order valence-electron chi connectivity index (χ3n) is 4.71. The summed E-state index contributed by atoms with van der Waals surface area (Å²) in [6.07, 6.45) is 0.559. The Kier molecular flexibility index (Phi) is 8.68. The van der Waals surface area contributed by atoms with Crippen LogP contribution in [0.1, 0.15) is 42.2 Å². The zero-order valence-corrected chi connectivity index (χ0v) is 18.2. The van der Waals surface area contributed by atoms with E-state index in [1.807, 2.05) is 58.3 Å². The van der Waals surface area contributed by atoms with Crippen molar-refractivity contribution in [3.8, 4) is 0 Å². The van der Waals surface area contributed by atoms with Gasteiger partial charge < -0.3 is 15.5 Å². The monoisotopic (exact) mass is 415 g/mol. The molecule has 2 rings (SSSR count). The molecule has 0 heterocycles. The lowest BCUT2D eigenvalue weighted by Crippen LogP contribution is -2.49. The lowest BCUT2D eigenvalue weighted by Gasteiger charge is -2.27. The minimum absolute atomic E-state index is 0.0480. The zero-order valence-electron chi connectivity index (χ0n) is 17.5. The number of hydrogen-bond donors (Lipinski definition) is 2. The number of halogens is 1. The van der Waals surface area contributed by atoms with E-state index in [0.717, 1.165) is 5.56 Å². The van der Waals surface area contributed by atoms with E-state index in [2.05, 4.69) is 15.5 Å². The Morgan fingerprint density at radius 1 is 1.00 bits per heavy atom. The second-order valence-corrected chi connectivity index (χ2v) is 8.23. The molecule has 2 amide bonds. The van der Waals surface area contributed by atoms with E-state index in [1.54, 1.807) is 24.3 Å². The van der Waals surface area contributed by atoms with Crippen molar-refractivity contribution in [3.05, 3.63) is 70.7 Å². The molecule has 0 saturated carbocycles. The molecule has 0 aromatic heterocycles. The lowest BCUT2D eigenvalue weighted by atomic mass is 10.0. The number of nitrogens with one attached hydrogen (secondary N) is 2. The van der Waals surface area contributed by atoms with Crippen LogP contribution in [0.4, 0.5) is 0 Å². The predicted molar refractivity (Wildman–Crippen MR) is 118 cm³/mol. The molecule has 2 aromatic carbocycles. The van der Waals surface area contributed by atoms with Crippen molar-refractivity contribution in [1.29, 1.82) is 0 Å². The van der Waals surface area contributed by atoms with E-state index in [0.29, 0.717) is 23.6 Å². The van der Waals surface area contributed by atoms with E-state index in [1.165, 1.54) is 0 Å². The zero-order chi connectivity index (χ0) is 21.4. The van der Waals surface area contributed by atoms with E-state index in [-0.39, 0.29) is 23.8 Å². The van der Waals surface area contributed by atoms with Gasteiger partial charge in [0.05, 0.1) is 6.04 Å². The van der Waals surface area contributed by atoms with Gasteiger partial charge in [0.2, 0.25) is 5.91 Å². The molecule has 0 aliphatic rings. The summed E-state index contributed by atoms with van der Waals surface area (Å²) in [5.41, 5.74) is 1.61. The van der Waals surface area contributed by atoms with Crippen LogP contribution in [0, 0.1) is 5.92 Å². The van der Waals surface area contributed by atoms with Crippen molar-refractivity contribution in [3.63, 3.8) is 0 Å². The Bertz CT molecular complexity index is 792. The summed E-state index contributed by atoms with van der Waals surface area (Å²) in [5.74, 6) is -0.200. The van der Waals surface area contributed by atoms with Gasteiger partial charge in [0.25, 0.3) is 5.91 Å². The van der Waals surface area contributed by atoms with E-state index in [9.17, 15) is 9.59 Å². The van der Waals surface area contributed by atoms with Crippen LogP contribution in [-0.4, -0.2) is 43.4 Å². The minimum atomic E-state index is -0.600. The average molecular weight is 416 g/mol. The molecule has 156 valence electrons. The largest absolute Gasteiger partial charge is 0.352 e. The first-order valence-corrected chi connectivity index (χ1v) is 10.2. The number of nitrogens with zero attached hydrogens (tertiary/aromatic N) is 1. The highest BCUT2D eigenvalue weighted by molar-refractivity contribution is 6.30. The van der Waals surface area contributed by atoms with Gasteiger partial charge in [0.1, 0.15) is 6.04 Å². The summed E-state index contributed by atoms with van der Waals surface area (Å²) < 4.78 is 0. The van der Waals surface area contributed by atoms with Crippen molar-refractivity contribution in [2.75, 3.05) is 20.6 Å². The molecular formula is C23H30ClN3O2. The summed E-state index contributed by atoms with van der Waals surface area (Å²) in [4.78, 5) is 27.5. The summed E-state index contributed by atoms with van der Waals surface area (Å²) in [6.45, 7) is 4.52. The molecular weight excluding hydrogens is 386 g/mol. The van der Waals surface area contributed by atoms with Crippen molar-refractivity contribution in [2.45, 2.75) is 32.4 Å². The molecule has 5 nitrogen and oxygen atoms in total. The average Bonchev–Trinajstić information content (AvgIpc) is 2.68. The first-order chi connectivity index (χ1) is 13.8. The molecule has 0 aliphatic carbocycles. The van der Waals surface area contributed by atoms with Gasteiger partial charge in [0.15, 0.2) is 0 Å². The number of carbonyl (C=O) groups is 2. The second kappa shape index (κ2) is 11.0. The maximum absolute atomic E-state index is 12.9. The Balaban J connectivity index is 2.05. The molecule has 2 unspecified atom stereocenters. The number of benzene rings is 2. The normalized spacial score (nSPS) is 13.2. The molecule has 6 heteroatoms. The molecule has 0 spiro atoms.